The van der Waals surface area contributed by atoms with Crippen molar-refractivity contribution in [3.8, 4) is 0 Å². The number of halogens is 3. The van der Waals surface area contributed by atoms with Crippen LogP contribution in [-0.4, -0.2) is 67.9 Å². The van der Waals surface area contributed by atoms with Crippen LogP contribution in [0.3, 0.4) is 0 Å². The summed E-state index contributed by atoms with van der Waals surface area (Å²) >= 11 is 1.94. The van der Waals surface area contributed by atoms with Crippen molar-refractivity contribution in [3.05, 3.63) is 46.6 Å². The van der Waals surface area contributed by atoms with Crippen LogP contribution in [-0.2, 0) is 22.6 Å². The summed E-state index contributed by atoms with van der Waals surface area (Å²) in [4.78, 5) is 28.3. The molecule has 2 aliphatic rings. The van der Waals surface area contributed by atoms with Crippen molar-refractivity contribution in [2.75, 3.05) is 18.8 Å². The van der Waals surface area contributed by atoms with Gasteiger partial charge in [-0.05, 0) is 38.8 Å². The van der Waals surface area contributed by atoms with Crippen molar-refractivity contribution in [2.45, 2.75) is 63.7 Å². The minimum absolute atomic E-state index is 0.0572. The van der Waals surface area contributed by atoms with Gasteiger partial charge in [0.2, 0.25) is 0 Å². The molecule has 0 bridgehead atoms. The van der Waals surface area contributed by atoms with Crippen LogP contribution in [0.25, 0.3) is 0 Å². The van der Waals surface area contributed by atoms with E-state index in [2.05, 4.69) is 17.1 Å². The van der Waals surface area contributed by atoms with Crippen LogP contribution in [0.4, 0.5) is 13.2 Å². The normalized spacial score (nSPS) is 18.7. The van der Waals surface area contributed by atoms with Crippen molar-refractivity contribution in [3.63, 3.8) is 0 Å². The summed E-state index contributed by atoms with van der Waals surface area (Å²) in [6, 6.07) is 6.01. The van der Waals surface area contributed by atoms with E-state index in [9.17, 15) is 18.0 Å². The largest absolute Gasteiger partial charge is 0.490 e. The van der Waals surface area contributed by atoms with Gasteiger partial charge in [0.15, 0.2) is 0 Å². The zero-order valence-electron chi connectivity index (χ0n) is 19.7. The van der Waals surface area contributed by atoms with E-state index in [0.717, 1.165) is 55.3 Å². The van der Waals surface area contributed by atoms with Gasteiger partial charge >= 0.3 is 12.1 Å². The first-order valence-corrected chi connectivity index (χ1v) is 12.2. The van der Waals surface area contributed by atoms with E-state index in [4.69, 9.17) is 19.2 Å². The predicted octanol–water partition coefficient (Wildman–Crippen LogP) is 4.19. The molecule has 2 saturated heterocycles. The Morgan fingerprint density at radius 1 is 1.31 bits per heavy atom. The molecule has 4 heterocycles. The Labute approximate surface area is 205 Å². The molecule has 0 aliphatic carbocycles. The Morgan fingerprint density at radius 2 is 2.00 bits per heavy atom. The summed E-state index contributed by atoms with van der Waals surface area (Å²) < 4.78 is 43.3. The fourth-order valence-corrected chi connectivity index (χ4v) is 5.60. The lowest BCUT2D eigenvalue weighted by Gasteiger charge is -2.47. The molecule has 2 aromatic heterocycles. The molecule has 2 aromatic rings. The van der Waals surface area contributed by atoms with E-state index < -0.39 is 12.1 Å². The molecule has 192 valence electrons. The van der Waals surface area contributed by atoms with Crippen LogP contribution in [0.1, 0.15) is 53.0 Å². The third-order valence-electron chi connectivity index (χ3n) is 5.70. The number of rotatable bonds is 6. The summed E-state index contributed by atoms with van der Waals surface area (Å²) in [5, 5.41) is 11.1. The molecule has 12 heteroatoms. The number of aromatic nitrogens is 2. The highest BCUT2D eigenvalue weighted by Crippen LogP contribution is 2.46. The number of hydrogen-bond acceptors (Lipinski definition) is 7. The maximum Gasteiger partial charge on any atom is 0.490 e. The van der Waals surface area contributed by atoms with Crippen molar-refractivity contribution in [2.24, 2.45) is 0 Å². The maximum atomic E-state index is 12.9. The lowest BCUT2D eigenvalue weighted by Crippen LogP contribution is -2.60. The number of aryl methyl sites for hydroxylation is 3. The molecule has 1 atom stereocenters. The molecular weight excluding hydrogens is 487 g/mol. The molecule has 1 spiro atoms. The van der Waals surface area contributed by atoms with Crippen LogP contribution in [0.2, 0.25) is 0 Å². The second-order valence-corrected chi connectivity index (χ2v) is 10.2. The van der Waals surface area contributed by atoms with Gasteiger partial charge in [-0.3, -0.25) is 9.78 Å². The number of carboxylic acid groups (broad SMARTS) is 1. The number of pyridine rings is 1. The zero-order chi connectivity index (χ0) is 25.8. The average Bonchev–Trinajstić information content (AvgIpc) is 3.35. The van der Waals surface area contributed by atoms with Gasteiger partial charge in [0, 0.05) is 31.0 Å². The molecule has 4 rings (SSSR count). The number of nitrogens with zero attached hydrogens (tertiary/aromatic N) is 3. The highest BCUT2D eigenvalue weighted by Gasteiger charge is 2.51. The summed E-state index contributed by atoms with van der Waals surface area (Å²) in [6.07, 6.45) is -2.20. The first-order chi connectivity index (χ1) is 16.4. The lowest BCUT2D eigenvalue weighted by atomic mass is 9.92. The molecule has 8 nitrogen and oxygen atoms in total. The van der Waals surface area contributed by atoms with E-state index in [1.54, 1.807) is 0 Å². The van der Waals surface area contributed by atoms with Gasteiger partial charge in [-0.15, -0.1) is 11.8 Å². The quantitative estimate of drug-likeness (QED) is 0.611. The van der Waals surface area contributed by atoms with Crippen molar-refractivity contribution in [1.82, 2.24) is 15.0 Å². The summed E-state index contributed by atoms with van der Waals surface area (Å²) in [7, 11) is 0. The molecule has 1 amide bonds. The van der Waals surface area contributed by atoms with Gasteiger partial charge in [0.25, 0.3) is 5.91 Å². The number of amides is 1. The molecule has 1 unspecified atom stereocenters. The average molecular weight is 516 g/mol. The zero-order valence-corrected chi connectivity index (χ0v) is 20.5. The number of aliphatic carboxylic acids is 1. The first-order valence-electron chi connectivity index (χ1n) is 11.2. The van der Waals surface area contributed by atoms with E-state index in [1.807, 2.05) is 48.7 Å². The number of carbonyl (C=O) groups excluding carboxylic acids is 1. The standard InChI is InChI=1S/C21H27N3O3S.C2HF3O2/c1-4-6-18-19(15(3)23-27-18)20(25)24-12-21(13-24)9-17(11-28-21)26-10-16-8-5-7-14(2)22-16;3-2(4,5)1(6)7/h5,7-8,17H,4,6,9-13H2,1-3H3;(H,6,7). The third-order valence-corrected chi connectivity index (χ3v) is 7.28. The summed E-state index contributed by atoms with van der Waals surface area (Å²) in [6.45, 7) is 8.01. The van der Waals surface area contributed by atoms with Crippen LogP contribution < -0.4 is 0 Å². The molecule has 0 radical (unpaired) electrons. The second kappa shape index (κ2) is 11.0. The third kappa shape index (κ3) is 6.75. The van der Waals surface area contributed by atoms with E-state index in [-0.39, 0.29) is 16.8 Å². The summed E-state index contributed by atoms with van der Waals surface area (Å²) in [5.41, 5.74) is 3.35. The molecule has 1 N–H and O–H groups in total. The van der Waals surface area contributed by atoms with Crippen molar-refractivity contribution in [1.29, 1.82) is 0 Å². The number of thioether (sulfide) groups is 1. The highest BCUT2D eigenvalue weighted by atomic mass is 32.2. The molecule has 0 aromatic carbocycles. The summed E-state index contributed by atoms with van der Waals surface area (Å²) in [5.74, 6) is -1.01. The van der Waals surface area contributed by atoms with E-state index in [0.29, 0.717) is 17.9 Å². The Hall–Kier alpha value is -2.60. The van der Waals surface area contributed by atoms with E-state index >= 15 is 0 Å². The maximum absolute atomic E-state index is 12.9. The lowest BCUT2D eigenvalue weighted by molar-refractivity contribution is -0.192. The number of carboxylic acids is 1. The molecule has 2 fully saturated rings. The van der Waals surface area contributed by atoms with Crippen molar-refractivity contribution >= 4 is 23.6 Å². The Kier molecular flexibility index (Phi) is 8.47. The molecule has 2 aliphatic heterocycles. The fraction of sp³-hybridized carbons (Fsp3) is 0.565. The first kappa shape index (κ1) is 27.0. The predicted molar refractivity (Wildman–Crippen MR) is 122 cm³/mol. The topological polar surface area (TPSA) is 106 Å². The smallest absolute Gasteiger partial charge is 0.475 e. The van der Waals surface area contributed by atoms with Gasteiger partial charge < -0.3 is 19.3 Å². The Balaban J connectivity index is 0.000000429. The van der Waals surface area contributed by atoms with Gasteiger partial charge in [0.1, 0.15) is 11.3 Å². The van der Waals surface area contributed by atoms with Gasteiger partial charge in [-0.25, -0.2) is 4.79 Å². The van der Waals surface area contributed by atoms with Crippen LogP contribution >= 0.6 is 11.8 Å². The molecule has 35 heavy (non-hydrogen) atoms. The second-order valence-electron chi connectivity index (χ2n) is 8.68. The van der Waals surface area contributed by atoms with Gasteiger partial charge in [-0.1, -0.05) is 18.1 Å². The van der Waals surface area contributed by atoms with E-state index in [1.165, 1.54) is 0 Å². The number of alkyl halides is 3. The number of ether oxygens (including phenoxy) is 1. The van der Waals surface area contributed by atoms with Crippen LogP contribution in [0.5, 0.6) is 0 Å². The minimum Gasteiger partial charge on any atom is -0.475 e. The minimum atomic E-state index is -5.08. The number of carbonyl (C=O) groups is 2. The number of hydrogen-bond donors (Lipinski definition) is 1. The highest BCUT2D eigenvalue weighted by molar-refractivity contribution is 8.01. The van der Waals surface area contributed by atoms with Gasteiger partial charge in [-0.2, -0.15) is 13.2 Å². The molecular formula is C23H28F3N3O5S. The monoisotopic (exact) mass is 515 g/mol. The molecule has 0 saturated carbocycles. The SMILES string of the molecule is CCCc1onc(C)c1C(=O)N1CC2(CC(OCc3cccc(C)n3)CS2)C1.O=C(O)C(F)(F)F. The Bertz CT molecular complexity index is 1050. The van der Waals surface area contributed by atoms with Crippen LogP contribution in [0.15, 0.2) is 22.7 Å². The van der Waals surface area contributed by atoms with Crippen molar-refractivity contribution < 1.29 is 37.1 Å². The van der Waals surface area contributed by atoms with Crippen LogP contribution in [0, 0.1) is 13.8 Å². The Morgan fingerprint density at radius 3 is 2.60 bits per heavy atom. The number of likely N-dealkylation sites (tertiary alicyclic amines) is 1. The fourth-order valence-electron chi connectivity index (χ4n) is 4.05. The van der Waals surface area contributed by atoms with Gasteiger partial charge in [0.05, 0.1) is 28.8 Å².